The van der Waals surface area contributed by atoms with E-state index in [-0.39, 0.29) is 48.0 Å². The van der Waals surface area contributed by atoms with Gasteiger partial charge in [-0.15, -0.1) is 0 Å². The van der Waals surface area contributed by atoms with Crippen molar-refractivity contribution in [3.8, 4) is 0 Å². The maximum Gasteiger partial charge on any atom is 0.338 e. The molecule has 1 heterocycles. The Morgan fingerprint density at radius 2 is 1.59 bits per heavy atom. The quantitative estimate of drug-likeness (QED) is 0.421. The lowest BCUT2D eigenvalue weighted by molar-refractivity contribution is -0.124. The maximum atomic E-state index is 13.3. The second kappa shape index (κ2) is 7.65. The largest absolute Gasteiger partial charge is 0.462 e. The number of allylic oxidation sites excluding steroid dienone is 2. The van der Waals surface area contributed by atoms with Crippen LogP contribution in [0.2, 0.25) is 0 Å². The zero-order valence-electron chi connectivity index (χ0n) is 18.6. The first-order valence-corrected chi connectivity index (χ1v) is 11.7. The van der Waals surface area contributed by atoms with Gasteiger partial charge < -0.3 is 10.1 Å². The van der Waals surface area contributed by atoms with Gasteiger partial charge in [0.1, 0.15) is 0 Å². The fourth-order valence-corrected chi connectivity index (χ4v) is 6.11. The number of ether oxygens (including phenoxy) is 1. The fourth-order valence-electron chi connectivity index (χ4n) is 6.11. The summed E-state index contributed by atoms with van der Waals surface area (Å²) in [6.07, 6.45) is 5.41. The van der Waals surface area contributed by atoms with E-state index in [1.54, 1.807) is 55.5 Å². The molecule has 4 aliphatic carbocycles. The van der Waals surface area contributed by atoms with E-state index >= 15 is 0 Å². The second-order valence-electron chi connectivity index (χ2n) is 9.47. The smallest absolute Gasteiger partial charge is 0.338 e. The Kier molecular flexibility index (Phi) is 4.69. The van der Waals surface area contributed by atoms with Gasteiger partial charge in [-0.1, -0.05) is 18.2 Å². The molecule has 34 heavy (non-hydrogen) atoms. The van der Waals surface area contributed by atoms with Crippen molar-refractivity contribution in [1.29, 1.82) is 0 Å². The lowest BCUT2D eigenvalue weighted by atomic mass is 9.63. The van der Waals surface area contributed by atoms with Gasteiger partial charge in [0.25, 0.3) is 5.91 Å². The molecule has 0 unspecified atom stereocenters. The van der Waals surface area contributed by atoms with Crippen molar-refractivity contribution in [2.24, 2.45) is 35.5 Å². The zero-order chi connectivity index (χ0) is 23.6. The number of nitrogens with one attached hydrogen (secondary N) is 1. The number of rotatable bonds is 5. The monoisotopic (exact) mass is 456 g/mol. The summed E-state index contributed by atoms with van der Waals surface area (Å²) in [5.41, 5.74) is 1.69. The summed E-state index contributed by atoms with van der Waals surface area (Å²) >= 11 is 0. The number of carbonyl (C=O) groups excluding carboxylic acids is 4. The van der Waals surface area contributed by atoms with Gasteiger partial charge in [0.2, 0.25) is 11.8 Å². The lowest BCUT2D eigenvalue weighted by Gasteiger charge is -2.37. The molecule has 2 aromatic rings. The number of imide groups is 1. The minimum atomic E-state index is -0.422. The van der Waals surface area contributed by atoms with E-state index in [4.69, 9.17) is 4.74 Å². The van der Waals surface area contributed by atoms with Crippen molar-refractivity contribution in [1.82, 2.24) is 0 Å². The number of anilines is 2. The van der Waals surface area contributed by atoms with Crippen molar-refractivity contribution in [3.63, 3.8) is 0 Å². The predicted molar refractivity (Wildman–Crippen MR) is 124 cm³/mol. The van der Waals surface area contributed by atoms with Gasteiger partial charge in [-0.25, -0.2) is 9.69 Å². The third-order valence-electron chi connectivity index (χ3n) is 7.68. The molecular formula is C27H24N2O5. The molecule has 2 bridgehead atoms. The van der Waals surface area contributed by atoms with E-state index in [0.717, 1.165) is 6.42 Å². The van der Waals surface area contributed by atoms with Crippen LogP contribution in [0.15, 0.2) is 60.7 Å². The molecule has 172 valence electrons. The van der Waals surface area contributed by atoms with Gasteiger partial charge in [0.05, 0.1) is 29.7 Å². The fraction of sp³-hybridized carbons (Fsp3) is 0.333. The Bertz CT molecular complexity index is 1210. The van der Waals surface area contributed by atoms with Crippen LogP contribution in [0, 0.1) is 35.5 Å². The Morgan fingerprint density at radius 1 is 0.941 bits per heavy atom. The second-order valence-corrected chi connectivity index (χ2v) is 9.47. The standard InChI is InChI=1S/C27H24N2O5/c1-2-34-27(33)14-6-8-16(9-7-14)28-24(30)15-4-3-5-17(12-15)29-25(31)22-18-10-11-19(21-13-20(18)21)23(22)26(29)32/h3-12,18-23H,2,13H2,1H3,(H,28,30)/t18-,19-,20-,21+,22-,23+/m0/s1. The van der Waals surface area contributed by atoms with Gasteiger partial charge in [-0.3, -0.25) is 14.4 Å². The SMILES string of the molecule is CCOC(=O)c1ccc(NC(=O)c2cccc(N3C(=O)[C@@H]4[C@H]5C=C[C@@H]([C@@H]6C[C@H]56)[C@@H]4C3=O)c2)cc1. The van der Waals surface area contributed by atoms with E-state index in [1.165, 1.54) is 4.90 Å². The molecule has 2 aromatic carbocycles. The topological polar surface area (TPSA) is 92.8 Å². The number of nitrogens with zero attached hydrogens (tertiary/aromatic N) is 1. The Balaban J connectivity index is 1.20. The highest BCUT2D eigenvalue weighted by Crippen LogP contribution is 2.65. The molecule has 0 spiro atoms. The van der Waals surface area contributed by atoms with Crippen molar-refractivity contribution in [3.05, 3.63) is 71.8 Å². The lowest BCUT2D eigenvalue weighted by Crippen LogP contribution is -2.40. The third-order valence-corrected chi connectivity index (χ3v) is 7.68. The van der Waals surface area contributed by atoms with Gasteiger partial charge in [-0.2, -0.15) is 0 Å². The number of benzene rings is 2. The van der Waals surface area contributed by atoms with Gasteiger partial charge in [0, 0.05) is 11.3 Å². The summed E-state index contributed by atoms with van der Waals surface area (Å²) < 4.78 is 4.97. The molecule has 3 amide bonds. The minimum Gasteiger partial charge on any atom is -0.462 e. The predicted octanol–water partition coefficient (Wildman–Crippen LogP) is 3.67. The molecule has 2 saturated carbocycles. The van der Waals surface area contributed by atoms with Crippen LogP contribution in [0.3, 0.4) is 0 Å². The van der Waals surface area contributed by atoms with Gasteiger partial charge in [-0.05, 0) is 79.5 Å². The molecule has 3 fully saturated rings. The molecule has 1 saturated heterocycles. The van der Waals surface area contributed by atoms with E-state index in [2.05, 4.69) is 17.5 Å². The van der Waals surface area contributed by atoms with Crippen LogP contribution in [-0.2, 0) is 14.3 Å². The number of amides is 3. The first-order chi connectivity index (χ1) is 16.5. The highest BCUT2D eigenvalue weighted by Gasteiger charge is 2.67. The third kappa shape index (κ3) is 3.10. The van der Waals surface area contributed by atoms with Crippen LogP contribution in [0.25, 0.3) is 0 Å². The Labute approximate surface area is 196 Å². The average molecular weight is 456 g/mol. The molecule has 0 aromatic heterocycles. The number of esters is 1. The molecule has 5 aliphatic rings. The average Bonchev–Trinajstić information content (AvgIpc) is 3.63. The molecule has 7 nitrogen and oxygen atoms in total. The highest BCUT2D eigenvalue weighted by atomic mass is 16.5. The van der Waals surface area contributed by atoms with E-state index in [9.17, 15) is 19.2 Å². The molecular weight excluding hydrogens is 432 g/mol. The summed E-state index contributed by atoms with van der Waals surface area (Å²) in [6, 6.07) is 13.0. The van der Waals surface area contributed by atoms with E-state index in [0.29, 0.717) is 34.3 Å². The first kappa shape index (κ1) is 20.8. The van der Waals surface area contributed by atoms with Crippen LogP contribution in [0.5, 0.6) is 0 Å². The zero-order valence-corrected chi connectivity index (χ0v) is 18.6. The summed E-state index contributed by atoms with van der Waals surface area (Å²) in [7, 11) is 0. The summed E-state index contributed by atoms with van der Waals surface area (Å²) in [5, 5.41) is 2.79. The Morgan fingerprint density at radius 3 is 2.21 bits per heavy atom. The molecule has 7 rings (SSSR count). The summed E-state index contributed by atoms with van der Waals surface area (Å²) in [4.78, 5) is 52.7. The van der Waals surface area contributed by atoms with Gasteiger partial charge in [0.15, 0.2) is 0 Å². The van der Waals surface area contributed by atoms with Crippen LogP contribution in [0.4, 0.5) is 11.4 Å². The van der Waals surface area contributed by atoms with Crippen molar-refractivity contribution in [2.75, 3.05) is 16.8 Å². The summed E-state index contributed by atoms with van der Waals surface area (Å²) in [5.74, 6) is -0.238. The number of hydrogen-bond acceptors (Lipinski definition) is 5. The minimum absolute atomic E-state index is 0.146. The van der Waals surface area contributed by atoms with E-state index in [1.807, 2.05) is 0 Å². The van der Waals surface area contributed by atoms with Crippen molar-refractivity contribution >= 4 is 35.1 Å². The highest BCUT2D eigenvalue weighted by molar-refractivity contribution is 6.23. The van der Waals surface area contributed by atoms with Crippen molar-refractivity contribution in [2.45, 2.75) is 13.3 Å². The summed E-state index contributed by atoms with van der Waals surface area (Å²) in [6.45, 7) is 2.03. The molecule has 6 atom stereocenters. The van der Waals surface area contributed by atoms with Crippen molar-refractivity contribution < 1.29 is 23.9 Å². The number of hydrogen-bond donors (Lipinski definition) is 1. The molecule has 7 heteroatoms. The number of carbonyl (C=O) groups is 4. The van der Waals surface area contributed by atoms with E-state index < -0.39 is 5.97 Å². The Hall–Kier alpha value is -3.74. The molecule has 1 aliphatic heterocycles. The van der Waals surface area contributed by atoms with Gasteiger partial charge >= 0.3 is 5.97 Å². The van der Waals surface area contributed by atoms with Crippen LogP contribution in [-0.4, -0.2) is 30.3 Å². The van der Waals surface area contributed by atoms with Crippen LogP contribution >= 0.6 is 0 Å². The normalized spacial score (nSPS) is 30.1. The van der Waals surface area contributed by atoms with Crippen LogP contribution in [0.1, 0.15) is 34.1 Å². The molecule has 0 radical (unpaired) electrons. The maximum absolute atomic E-state index is 13.3. The molecule has 1 N–H and O–H groups in total. The van der Waals surface area contributed by atoms with Crippen LogP contribution < -0.4 is 10.2 Å². The first-order valence-electron chi connectivity index (χ1n) is 11.7.